The molecule has 0 N–H and O–H groups in total. The highest BCUT2D eigenvalue weighted by atomic mass is 32.2. The Kier molecular flexibility index (Phi) is 7.32. The highest BCUT2D eigenvalue weighted by molar-refractivity contribution is 8.00. The number of carbonyl (C=O) groups is 2. The summed E-state index contributed by atoms with van der Waals surface area (Å²) >= 11 is 1.54. The minimum Gasteiger partial charge on any atom is -0.454 e. The zero-order valence-corrected chi connectivity index (χ0v) is 24.9. The van der Waals surface area contributed by atoms with E-state index < -0.39 is 0 Å². The number of aryl methyl sites for hydroxylation is 2. The summed E-state index contributed by atoms with van der Waals surface area (Å²) in [5, 5.41) is 4.97. The quantitative estimate of drug-likeness (QED) is 0.324. The molecule has 9 nitrogen and oxygen atoms in total. The van der Waals surface area contributed by atoms with Crippen LogP contribution in [0.15, 0.2) is 66.7 Å². The van der Waals surface area contributed by atoms with Crippen molar-refractivity contribution in [2.45, 2.75) is 19.1 Å². The predicted molar refractivity (Wildman–Crippen MR) is 165 cm³/mol. The van der Waals surface area contributed by atoms with Crippen LogP contribution in [0.2, 0.25) is 0 Å². The molecule has 7 rings (SSSR count). The molecule has 1 unspecified atom stereocenters. The van der Waals surface area contributed by atoms with Crippen molar-refractivity contribution < 1.29 is 23.8 Å². The van der Waals surface area contributed by atoms with E-state index in [4.69, 9.17) is 19.3 Å². The summed E-state index contributed by atoms with van der Waals surface area (Å²) in [5.74, 6) is 1.95. The number of rotatable bonds is 5. The molecule has 2 amide bonds. The Morgan fingerprint density at radius 2 is 1.77 bits per heavy atom. The molecule has 3 aliphatic rings. The summed E-state index contributed by atoms with van der Waals surface area (Å²) in [6, 6.07) is 22.1. The third kappa shape index (κ3) is 5.14. The molecule has 0 aliphatic carbocycles. The van der Waals surface area contributed by atoms with Crippen molar-refractivity contribution in [2.75, 3.05) is 50.3 Å². The number of morpholine rings is 1. The third-order valence-electron chi connectivity index (χ3n) is 8.07. The Morgan fingerprint density at radius 3 is 2.56 bits per heavy atom. The Hall–Kier alpha value is -4.28. The zero-order valence-electron chi connectivity index (χ0n) is 24.1. The van der Waals surface area contributed by atoms with Crippen LogP contribution in [0.1, 0.15) is 27.5 Å². The Bertz CT molecular complexity index is 1700. The number of benzene rings is 3. The van der Waals surface area contributed by atoms with E-state index in [2.05, 4.69) is 13.0 Å². The van der Waals surface area contributed by atoms with E-state index in [-0.39, 0.29) is 36.2 Å². The molecular formula is C33H32N4O5S. The first-order chi connectivity index (χ1) is 21.0. The van der Waals surface area contributed by atoms with Crippen molar-refractivity contribution in [3.8, 4) is 28.4 Å². The van der Waals surface area contributed by atoms with E-state index in [0.717, 1.165) is 39.2 Å². The van der Waals surface area contributed by atoms with Crippen LogP contribution in [0.25, 0.3) is 16.9 Å². The lowest BCUT2D eigenvalue weighted by molar-refractivity contribution is -0.134. The van der Waals surface area contributed by atoms with Crippen molar-refractivity contribution in [1.82, 2.24) is 14.7 Å². The van der Waals surface area contributed by atoms with E-state index in [1.54, 1.807) is 9.80 Å². The maximum absolute atomic E-state index is 14.1. The van der Waals surface area contributed by atoms with Gasteiger partial charge in [0.2, 0.25) is 18.6 Å². The number of fused-ring (bicyclic) bond motifs is 2. The average Bonchev–Trinajstić information content (AvgIpc) is 3.62. The van der Waals surface area contributed by atoms with Gasteiger partial charge in [0.15, 0.2) is 11.5 Å². The van der Waals surface area contributed by atoms with Crippen LogP contribution in [0.5, 0.6) is 11.5 Å². The Labute approximate surface area is 254 Å². The number of aromatic nitrogens is 2. The maximum atomic E-state index is 14.1. The van der Waals surface area contributed by atoms with E-state index in [0.29, 0.717) is 43.6 Å². The SMILES string of the molecule is Cc1ccc(-n2nc(-c3ccccc3)c3c2N(CC(=O)N2CCOCC2)C(=O)CSC3c2ccc3c(c2)OCO3)c(C)c1. The third-order valence-corrected chi connectivity index (χ3v) is 9.33. The molecular weight excluding hydrogens is 564 g/mol. The van der Waals surface area contributed by atoms with Crippen molar-refractivity contribution in [1.29, 1.82) is 0 Å². The molecule has 220 valence electrons. The normalized spacial score (nSPS) is 18.0. The molecule has 3 aromatic carbocycles. The molecule has 1 fully saturated rings. The number of thioether (sulfide) groups is 1. The number of amides is 2. The summed E-state index contributed by atoms with van der Waals surface area (Å²) in [6.07, 6.45) is 0. The molecule has 1 saturated heterocycles. The van der Waals surface area contributed by atoms with Gasteiger partial charge in [0.1, 0.15) is 12.4 Å². The molecule has 0 radical (unpaired) electrons. The fourth-order valence-electron chi connectivity index (χ4n) is 5.93. The lowest BCUT2D eigenvalue weighted by atomic mass is 9.99. The van der Waals surface area contributed by atoms with Crippen LogP contribution in [-0.4, -0.2) is 71.9 Å². The first-order valence-electron chi connectivity index (χ1n) is 14.4. The smallest absolute Gasteiger partial charge is 0.242 e. The molecule has 10 heteroatoms. The van der Waals surface area contributed by atoms with Crippen LogP contribution in [-0.2, 0) is 14.3 Å². The standard InChI is InChI=1S/C33H32N4O5S/c1-21-8-10-25(22(2)16-21)37-33-30(31(34-37)23-6-4-3-5-7-23)32(24-9-11-26-27(17-24)42-20-41-26)43-19-29(39)36(33)18-28(38)35-12-14-40-15-13-35/h3-11,16-17,32H,12-15,18-20H2,1-2H3. The second kappa shape index (κ2) is 11.4. The summed E-state index contributed by atoms with van der Waals surface area (Å²) in [6.45, 7) is 6.20. The van der Waals surface area contributed by atoms with Gasteiger partial charge in [0.25, 0.3) is 0 Å². The second-order valence-corrected chi connectivity index (χ2v) is 12.0. The van der Waals surface area contributed by atoms with Crippen molar-refractivity contribution in [3.63, 3.8) is 0 Å². The average molecular weight is 597 g/mol. The topological polar surface area (TPSA) is 86.1 Å². The summed E-state index contributed by atoms with van der Waals surface area (Å²) in [7, 11) is 0. The monoisotopic (exact) mass is 596 g/mol. The Morgan fingerprint density at radius 1 is 0.977 bits per heavy atom. The van der Waals surface area contributed by atoms with Gasteiger partial charge in [-0.3, -0.25) is 14.5 Å². The van der Waals surface area contributed by atoms with Crippen LogP contribution in [0, 0.1) is 13.8 Å². The lowest BCUT2D eigenvalue weighted by Gasteiger charge is -2.30. The maximum Gasteiger partial charge on any atom is 0.242 e. The predicted octanol–water partition coefficient (Wildman–Crippen LogP) is 4.91. The number of nitrogens with zero attached hydrogens (tertiary/aromatic N) is 4. The number of anilines is 1. The van der Waals surface area contributed by atoms with Gasteiger partial charge in [-0.1, -0.05) is 54.1 Å². The number of hydrogen-bond donors (Lipinski definition) is 0. The van der Waals surface area contributed by atoms with E-state index in [1.807, 2.05) is 72.3 Å². The van der Waals surface area contributed by atoms with Crippen LogP contribution in [0.4, 0.5) is 5.82 Å². The van der Waals surface area contributed by atoms with Gasteiger partial charge in [-0.2, -0.15) is 5.10 Å². The lowest BCUT2D eigenvalue weighted by Crippen LogP contribution is -2.48. The molecule has 4 aromatic rings. The molecule has 1 atom stereocenters. The summed E-state index contributed by atoms with van der Waals surface area (Å²) in [4.78, 5) is 31.1. The van der Waals surface area contributed by atoms with Gasteiger partial charge in [-0.05, 0) is 43.2 Å². The molecule has 0 saturated carbocycles. The largest absolute Gasteiger partial charge is 0.454 e. The molecule has 0 spiro atoms. The van der Waals surface area contributed by atoms with Crippen molar-refractivity contribution >= 4 is 29.4 Å². The first kappa shape index (κ1) is 27.5. The second-order valence-electron chi connectivity index (χ2n) is 10.9. The minimum absolute atomic E-state index is 0.0783. The van der Waals surface area contributed by atoms with Crippen LogP contribution in [0.3, 0.4) is 0 Å². The number of hydrogen-bond acceptors (Lipinski definition) is 7. The van der Waals surface area contributed by atoms with Gasteiger partial charge in [-0.25, -0.2) is 4.68 Å². The molecule has 4 heterocycles. The fourth-order valence-corrected chi connectivity index (χ4v) is 7.11. The van der Waals surface area contributed by atoms with Crippen LogP contribution < -0.4 is 14.4 Å². The first-order valence-corrected chi connectivity index (χ1v) is 15.5. The van der Waals surface area contributed by atoms with Gasteiger partial charge in [-0.15, -0.1) is 11.8 Å². The van der Waals surface area contributed by atoms with Gasteiger partial charge in [0, 0.05) is 24.2 Å². The molecule has 1 aromatic heterocycles. The van der Waals surface area contributed by atoms with Crippen LogP contribution >= 0.6 is 11.8 Å². The van der Waals surface area contributed by atoms with E-state index in [1.165, 1.54) is 11.8 Å². The van der Waals surface area contributed by atoms with Gasteiger partial charge in [0.05, 0.1) is 35.6 Å². The zero-order chi connectivity index (χ0) is 29.5. The van der Waals surface area contributed by atoms with E-state index in [9.17, 15) is 9.59 Å². The number of carbonyl (C=O) groups excluding carboxylic acids is 2. The molecule has 3 aliphatic heterocycles. The number of ether oxygens (including phenoxy) is 3. The van der Waals surface area contributed by atoms with Gasteiger partial charge < -0.3 is 19.1 Å². The van der Waals surface area contributed by atoms with Crippen molar-refractivity contribution in [3.05, 3.63) is 89.0 Å². The van der Waals surface area contributed by atoms with Crippen molar-refractivity contribution in [2.24, 2.45) is 0 Å². The summed E-state index contributed by atoms with van der Waals surface area (Å²) < 4.78 is 18.7. The minimum atomic E-state index is -0.258. The molecule has 0 bridgehead atoms. The Balaban J connectivity index is 1.46. The highest BCUT2D eigenvalue weighted by Gasteiger charge is 2.39. The van der Waals surface area contributed by atoms with Gasteiger partial charge >= 0.3 is 0 Å². The van der Waals surface area contributed by atoms with E-state index >= 15 is 0 Å². The highest BCUT2D eigenvalue weighted by Crippen LogP contribution is 2.50. The molecule has 43 heavy (non-hydrogen) atoms. The summed E-state index contributed by atoms with van der Waals surface area (Å²) in [5.41, 5.74) is 6.57. The fraction of sp³-hybridized carbons (Fsp3) is 0.303.